The van der Waals surface area contributed by atoms with Crippen LogP contribution < -0.4 is 0 Å². The Morgan fingerprint density at radius 2 is 2.00 bits per heavy atom. The van der Waals surface area contributed by atoms with Crippen molar-refractivity contribution < 1.29 is 0 Å². The molecule has 0 bridgehead atoms. The van der Waals surface area contributed by atoms with E-state index in [4.69, 9.17) is 11.6 Å². The molecule has 0 aliphatic heterocycles. The monoisotopic (exact) mass is 160 g/mol. The summed E-state index contributed by atoms with van der Waals surface area (Å²) < 4.78 is 1.69. The van der Waals surface area contributed by atoms with Crippen molar-refractivity contribution in [2.75, 3.05) is 0 Å². The second kappa shape index (κ2) is 4.34. The fourth-order valence-corrected chi connectivity index (χ4v) is 0.748. The summed E-state index contributed by atoms with van der Waals surface area (Å²) in [5.41, 5.74) is 1.02. The van der Waals surface area contributed by atoms with Gasteiger partial charge in [-0.3, -0.25) is 4.68 Å². The van der Waals surface area contributed by atoms with Crippen molar-refractivity contribution in [2.24, 2.45) is 7.05 Å². The predicted octanol–water partition coefficient (Wildman–Crippen LogP) is 2.41. The molecule has 0 amide bonds. The van der Waals surface area contributed by atoms with Crippen LogP contribution in [0.1, 0.15) is 19.4 Å². The van der Waals surface area contributed by atoms with Crippen molar-refractivity contribution in [2.45, 2.75) is 20.8 Å². The molecule has 0 atom stereocenters. The first-order chi connectivity index (χ1) is 4.70. The molecule has 0 spiro atoms. The first kappa shape index (κ1) is 9.50. The van der Waals surface area contributed by atoms with Crippen LogP contribution in [0.2, 0.25) is 5.15 Å². The zero-order valence-electron chi connectivity index (χ0n) is 6.85. The predicted molar refractivity (Wildman–Crippen MR) is 44.3 cm³/mol. The van der Waals surface area contributed by atoms with Crippen molar-refractivity contribution in [3.63, 3.8) is 0 Å². The Balaban J connectivity index is 0.000000371. The van der Waals surface area contributed by atoms with Crippen LogP contribution in [0.5, 0.6) is 0 Å². The van der Waals surface area contributed by atoms with Crippen molar-refractivity contribution in [3.8, 4) is 0 Å². The van der Waals surface area contributed by atoms with Gasteiger partial charge in [-0.25, -0.2) is 0 Å². The lowest BCUT2D eigenvalue weighted by molar-refractivity contribution is 0.768. The lowest BCUT2D eigenvalue weighted by atomic mass is 10.4. The lowest BCUT2D eigenvalue weighted by Gasteiger charge is -1.78. The lowest BCUT2D eigenvalue weighted by Crippen LogP contribution is -1.84. The van der Waals surface area contributed by atoms with E-state index in [0.717, 1.165) is 5.56 Å². The summed E-state index contributed by atoms with van der Waals surface area (Å²) in [7, 11) is 1.85. The summed E-state index contributed by atoms with van der Waals surface area (Å²) in [6, 6.07) is 0. The van der Waals surface area contributed by atoms with Crippen LogP contribution >= 0.6 is 11.6 Å². The third kappa shape index (κ3) is 2.40. The molecule has 0 radical (unpaired) electrons. The smallest absolute Gasteiger partial charge is 0.153 e. The van der Waals surface area contributed by atoms with Gasteiger partial charge in [-0.1, -0.05) is 25.4 Å². The molecule has 1 aromatic heterocycles. The maximum atomic E-state index is 5.60. The maximum Gasteiger partial charge on any atom is 0.153 e. The van der Waals surface area contributed by atoms with E-state index in [1.165, 1.54) is 0 Å². The van der Waals surface area contributed by atoms with Crippen molar-refractivity contribution in [3.05, 3.63) is 16.9 Å². The summed E-state index contributed by atoms with van der Waals surface area (Å²) in [6.45, 7) is 5.93. The van der Waals surface area contributed by atoms with Crippen LogP contribution in [-0.2, 0) is 7.05 Å². The highest BCUT2D eigenvalue weighted by Crippen LogP contribution is 2.09. The van der Waals surface area contributed by atoms with Gasteiger partial charge in [0.25, 0.3) is 0 Å². The number of aromatic nitrogens is 2. The summed E-state index contributed by atoms with van der Waals surface area (Å²) in [4.78, 5) is 0. The van der Waals surface area contributed by atoms with Gasteiger partial charge in [-0.15, -0.1) is 0 Å². The Morgan fingerprint density at radius 1 is 1.50 bits per heavy atom. The van der Waals surface area contributed by atoms with Gasteiger partial charge < -0.3 is 0 Å². The van der Waals surface area contributed by atoms with Crippen LogP contribution in [0.4, 0.5) is 0 Å². The van der Waals surface area contributed by atoms with E-state index in [-0.39, 0.29) is 0 Å². The van der Waals surface area contributed by atoms with E-state index in [9.17, 15) is 0 Å². The number of halogens is 1. The van der Waals surface area contributed by atoms with E-state index in [0.29, 0.717) is 5.15 Å². The van der Waals surface area contributed by atoms with Crippen LogP contribution in [0, 0.1) is 6.92 Å². The molecule has 3 heteroatoms. The Morgan fingerprint density at radius 3 is 2.10 bits per heavy atom. The summed E-state index contributed by atoms with van der Waals surface area (Å²) in [6.07, 6.45) is 1.88. The Bertz CT molecular complexity index is 174. The van der Waals surface area contributed by atoms with E-state index < -0.39 is 0 Å². The molecule has 10 heavy (non-hydrogen) atoms. The van der Waals surface area contributed by atoms with Gasteiger partial charge in [0.15, 0.2) is 5.15 Å². The first-order valence-electron chi connectivity index (χ1n) is 3.36. The third-order valence-corrected chi connectivity index (χ3v) is 1.33. The molecule has 1 aromatic rings. The standard InChI is InChI=1S/C5H7ClN2.C2H6/c1-4-3-8(2)7-5(4)6;1-2/h3H,1-2H3;1-2H3. The molecular formula is C7H13ClN2. The first-order valence-corrected chi connectivity index (χ1v) is 3.73. The van der Waals surface area contributed by atoms with E-state index in [2.05, 4.69) is 5.10 Å². The van der Waals surface area contributed by atoms with Gasteiger partial charge in [0, 0.05) is 18.8 Å². The number of rotatable bonds is 0. The van der Waals surface area contributed by atoms with Gasteiger partial charge >= 0.3 is 0 Å². The molecule has 1 rings (SSSR count). The van der Waals surface area contributed by atoms with E-state index in [1.807, 2.05) is 34.0 Å². The largest absolute Gasteiger partial charge is 0.274 e. The van der Waals surface area contributed by atoms with E-state index in [1.54, 1.807) is 4.68 Å². The van der Waals surface area contributed by atoms with Crippen LogP contribution in [0.25, 0.3) is 0 Å². The second-order valence-electron chi connectivity index (χ2n) is 1.78. The second-order valence-corrected chi connectivity index (χ2v) is 2.13. The number of nitrogens with zero attached hydrogens (tertiary/aromatic N) is 2. The molecular weight excluding hydrogens is 148 g/mol. The molecule has 0 aliphatic carbocycles. The van der Waals surface area contributed by atoms with Crippen LogP contribution in [0.15, 0.2) is 6.20 Å². The quantitative estimate of drug-likeness (QED) is 0.570. The minimum Gasteiger partial charge on any atom is -0.274 e. The molecule has 0 saturated carbocycles. The molecule has 0 aliphatic rings. The molecule has 0 saturated heterocycles. The molecule has 0 aromatic carbocycles. The Kier molecular flexibility index (Phi) is 4.12. The summed E-state index contributed by atoms with van der Waals surface area (Å²) >= 11 is 5.60. The van der Waals surface area contributed by atoms with Gasteiger partial charge in [-0.2, -0.15) is 5.10 Å². The molecule has 2 nitrogen and oxygen atoms in total. The van der Waals surface area contributed by atoms with Crippen molar-refractivity contribution in [1.82, 2.24) is 9.78 Å². The van der Waals surface area contributed by atoms with Gasteiger partial charge in [0.1, 0.15) is 0 Å². The fraction of sp³-hybridized carbons (Fsp3) is 0.571. The zero-order chi connectivity index (χ0) is 8.15. The maximum absolute atomic E-state index is 5.60. The van der Waals surface area contributed by atoms with Crippen LogP contribution in [0.3, 0.4) is 0 Å². The van der Waals surface area contributed by atoms with Crippen LogP contribution in [-0.4, -0.2) is 9.78 Å². The van der Waals surface area contributed by atoms with E-state index >= 15 is 0 Å². The minimum absolute atomic E-state index is 0.590. The molecule has 1 heterocycles. The summed E-state index contributed by atoms with van der Waals surface area (Å²) in [5, 5.41) is 4.48. The van der Waals surface area contributed by atoms with Gasteiger partial charge in [-0.05, 0) is 6.92 Å². The van der Waals surface area contributed by atoms with Gasteiger partial charge in [0.2, 0.25) is 0 Å². The zero-order valence-corrected chi connectivity index (χ0v) is 7.61. The van der Waals surface area contributed by atoms with Crippen molar-refractivity contribution in [1.29, 1.82) is 0 Å². The SMILES string of the molecule is CC.Cc1cn(C)nc1Cl. The molecule has 0 N–H and O–H groups in total. The molecule has 58 valence electrons. The summed E-state index contributed by atoms with van der Waals surface area (Å²) in [5.74, 6) is 0. The van der Waals surface area contributed by atoms with Gasteiger partial charge in [0.05, 0.1) is 0 Å². The van der Waals surface area contributed by atoms with Crippen molar-refractivity contribution >= 4 is 11.6 Å². The number of aryl methyl sites for hydroxylation is 2. The molecule has 0 fully saturated rings. The topological polar surface area (TPSA) is 17.8 Å². The highest BCUT2D eigenvalue weighted by molar-refractivity contribution is 6.30. The average Bonchev–Trinajstić information content (AvgIpc) is 2.16. The highest BCUT2D eigenvalue weighted by Gasteiger charge is 1.95. The molecule has 0 unspecified atom stereocenters. The Hall–Kier alpha value is -0.500. The fourth-order valence-electron chi connectivity index (χ4n) is 0.580. The average molecular weight is 161 g/mol. The normalized spacial score (nSPS) is 8.50. The highest BCUT2D eigenvalue weighted by atomic mass is 35.5. The third-order valence-electron chi connectivity index (χ3n) is 0.951. The minimum atomic E-state index is 0.590. The number of hydrogen-bond acceptors (Lipinski definition) is 1. The number of hydrogen-bond donors (Lipinski definition) is 0. The Labute approximate surface area is 66.8 Å².